The third kappa shape index (κ3) is 7.52. The molecule has 0 saturated heterocycles. The maximum Gasteiger partial charge on any atom is 0.244 e. The number of carbonyl (C=O) groups excluding carboxylic acids is 2. The fourth-order valence-electron chi connectivity index (χ4n) is 4.41. The number of rotatable bonds is 12. The first-order valence-electron chi connectivity index (χ1n) is 13.6. The van der Waals surface area contributed by atoms with Crippen LogP contribution < -0.4 is 14.8 Å². The van der Waals surface area contributed by atoms with E-state index < -0.39 is 6.10 Å². The number of ether oxygens (including phenoxy) is 2. The van der Waals surface area contributed by atoms with Crippen molar-refractivity contribution in [2.45, 2.75) is 19.6 Å². The maximum atomic E-state index is 12.2. The fraction of sp³-hybridized carbons (Fsp3) is 0.156. The summed E-state index contributed by atoms with van der Waals surface area (Å²) < 4.78 is 12.9. The number of aromatic nitrogens is 5. The second-order valence-electron chi connectivity index (χ2n) is 9.68. The highest BCUT2D eigenvalue weighted by Crippen LogP contribution is 2.33. The van der Waals surface area contributed by atoms with E-state index in [9.17, 15) is 9.59 Å². The number of nitrogens with one attached hydrogen (secondary N) is 2. The van der Waals surface area contributed by atoms with Crippen LogP contribution in [0.3, 0.4) is 0 Å². The van der Waals surface area contributed by atoms with Gasteiger partial charge in [0.05, 0.1) is 41.1 Å². The van der Waals surface area contributed by atoms with Crippen molar-refractivity contribution < 1.29 is 19.1 Å². The highest BCUT2D eigenvalue weighted by atomic mass is 35.5. The summed E-state index contributed by atoms with van der Waals surface area (Å²) in [5.74, 6) is 0.656. The molecule has 2 N–H and O–H groups in total. The highest BCUT2D eigenvalue weighted by molar-refractivity contribution is 6.35. The Bertz CT molecular complexity index is 1830. The minimum atomic E-state index is -0.394. The van der Waals surface area contributed by atoms with Crippen molar-refractivity contribution >= 4 is 57.9 Å². The predicted octanol–water partition coefficient (Wildman–Crippen LogP) is 6.34. The van der Waals surface area contributed by atoms with Crippen LogP contribution in [0.15, 0.2) is 79.4 Å². The first kappa shape index (κ1) is 30.5. The molecular weight excluding hydrogens is 603 g/mol. The van der Waals surface area contributed by atoms with E-state index in [1.807, 2.05) is 43.5 Å². The summed E-state index contributed by atoms with van der Waals surface area (Å²) in [6, 6.07) is 12.3. The van der Waals surface area contributed by atoms with E-state index in [1.54, 1.807) is 42.3 Å². The number of amides is 1. The SMILES string of the molecule is COc1ccc(C(=O)/C=C/C(=O)NCCn2cc(/C=C/c3n[nH]c4ccc(O[C@H](C)c5c(Cl)cncc5Cl)cc34)cn2)cc1. The van der Waals surface area contributed by atoms with Crippen LogP contribution in [-0.4, -0.2) is 50.3 Å². The van der Waals surface area contributed by atoms with E-state index in [0.717, 1.165) is 22.2 Å². The number of nitrogens with zero attached hydrogens (tertiary/aromatic N) is 4. The number of H-pyrrole nitrogens is 1. The molecule has 224 valence electrons. The summed E-state index contributed by atoms with van der Waals surface area (Å²) in [6.07, 6.45) is 12.5. The lowest BCUT2D eigenvalue weighted by Gasteiger charge is -2.17. The molecule has 0 aliphatic carbocycles. The zero-order valence-corrected chi connectivity index (χ0v) is 25.3. The van der Waals surface area contributed by atoms with Crippen LogP contribution in [0, 0.1) is 0 Å². The van der Waals surface area contributed by atoms with Gasteiger partial charge in [-0.25, -0.2) is 0 Å². The van der Waals surface area contributed by atoms with Gasteiger partial charge in [-0.15, -0.1) is 0 Å². The lowest BCUT2D eigenvalue weighted by atomic mass is 10.1. The summed E-state index contributed by atoms with van der Waals surface area (Å²) in [4.78, 5) is 28.4. The average Bonchev–Trinajstić information content (AvgIpc) is 3.65. The van der Waals surface area contributed by atoms with Crippen LogP contribution in [-0.2, 0) is 11.3 Å². The highest BCUT2D eigenvalue weighted by Gasteiger charge is 2.16. The van der Waals surface area contributed by atoms with Gasteiger partial charge in [-0.05, 0) is 67.6 Å². The number of halogens is 2. The van der Waals surface area contributed by atoms with E-state index in [4.69, 9.17) is 32.7 Å². The molecule has 1 atom stereocenters. The minimum Gasteiger partial charge on any atom is -0.497 e. The molecule has 0 aliphatic heterocycles. The molecule has 0 radical (unpaired) electrons. The summed E-state index contributed by atoms with van der Waals surface area (Å²) in [7, 11) is 1.55. The molecule has 0 fully saturated rings. The Balaban J connectivity index is 1.15. The number of methoxy groups -OCH3 is 1. The molecule has 3 aromatic heterocycles. The van der Waals surface area contributed by atoms with Gasteiger partial charge in [-0.3, -0.25) is 24.4 Å². The molecule has 10 nitrogen and oxygen atoms in total. The zero-order valence-electron chi connectivity index (χ0n) is 23.8. The lowest BCUT2D eigenvalue weighted by Crippen LogP contribution is -2.25. The molecule has 1 amide bonds. The lowest BCUT2D eigenvalue weighted by molar-refractivity contribution is -0.116. The zero-order chi connectivity index (χ0) is 31.1. The number of allylic oxidation sites excluding steroid dienone is 1. The Morgan fingerprint density at radius 3 is 2.52 bits per heavy atom. The summed E-state index contributed by atoms with van der Waals surface area (Å²) in [5, 5.41) is 16.3. The number of fused-ring (bicyclic) bond motifs is 1. The van der Waals surface area contributed by atoms with Crippen LogP contribution >= 0.6 is 23.2 Å². The molecule has 0 bridgehead atoms. The Morgan fingerprint density at radius 2 is 1.77 bits per heavy atom. The number of ketones is 1. The monoisotopic (exact) mass is 630 g/mol. The summed E-state index contributed by atoms with van der Waals surface area (Å²) >= 11 is 12.6. The van der Waals surface area contributed by atoms with E-state index in [0.29, 0.717) is 45.8 Å². The van der Waals surface area contributed by atoms with E-state index in [1.165, 1.54) is 24.5 Å². The van der Waals surface area contributed by atoms with Crippen molar-refractivity contribution in [2.24, 2.45) is 0 Å². The van der Waals surface area contributed by atoms with Crippen molar-refractivity contribution in [3.05, 3.63) is 112 Å². The Hall–Kier alpha value is -4.93. The topological polar surface area (TPSA) is 124 Å². The smallest absolute Gasteiger partial charge is 0.244 e. The van der Waals surface area contributed by atoms with Crippen LogP contribution in [0.2, 0.25) is 10.0 Å². The Labute approximate surface area is 263 Å². The quantitative estimate of drug-likeness (QED) is 0.122. The van der Waals surface area contributed by atoms with Crippen molar-refractivity contribution in [1.29, 1.82) is 0 Å². The van der Waals surface area contributed by atoms with Gasteiger partial charge < -0.3 is 14.8 Å². The number of carbonyl (C=O) groups is 2. The number of hydrogen-bond acceptors (Lipinski definition) is 7. The normalized spacial score (nSPS) is 12.2. The van der Waals surface area contributed by atoms with Crippen molar-refractivity contribution in [2.75, 3.05) is 13.7 Å². The molecule has 5 aromatic rings. The third-order valence-electron chi connectivity index (χ3n) is 6.66. The average molecular weight is 632 g/mol. The van der Waals surface area contributed by atoms with Gasteiger partial charge in [0.15, 0.2) is 5.78 Å². The first-order chi connectivity index (χ1) is 21.3. The number of benzene rings is 2. The van der Waals surface area contributed by atoms with E-state index in [-0.39, 0.29) is 11.7 Å². The van der Waals surface area contributed by atoms with Gasteiger partial charge in [0.25, 0.3) is 0 Å². The van der Waals surface area contributed by atoms with E-state index in [2.05, 4.69) is 25.6 Å². The van der Waals surface area contributed by atoms with Crippen LogP contribution in [0.1, 0.15) is 40.2 Å². The molecule has 0 aliphatic rings. The molecule has 0 spiro atoms. The van der Waals surface area contributed by atoms with Gasteiger partial charge in [-0.1, -0.05) is 23.2 Å². The largest absolute Gasteiger partial charge is 0.497 e. The van der Waals surface area contributed by atoms with Crippen molar-refractivity contribution in [1.82, 2.24) is 30.3 Å². The molecule has 0 saturated carbocycles. The molecule has 5 rings (SSSR count). The van der Waals surface area contributed by atoms with E-state index >= 15 is 0 Å². The van der Waals surface area contributed by atoms with Crippen LogP contribution in [0.4, 0.5) is 0 Å². The second-order valence-corrected chi connectivity index (χ2v) is 10.5. The second kappa shape index (κ2) is 14.0. The Morgan fingerprint density at radius 1 is 1.02 bits per heavy atom. The third-order valence-corrected chi connectivity index (χ3v) is 7.26. The van der Waals surface area contributed by atoms with Crippen molar-refractivity contribution in [3.8, 4) is 11.5 Å². The summed E-state index contributed by atoms with van der Waals surface area (Å²) in [5.41, 5.74) is 3.59. The molecule has 2 aromatic carbocycles. The molecule has 3 heterocycles. The van der Waals surface area contributed by atoms with Crippen molar-refractivity contribution in [3.63, 3.8) is 0 Å². The van der Waals surface area contributed by atoms with Gasteiger partial charge in [0, 0.05) is 53.3 Å². The number of hydrogen-bond donors (Lipinski definition) is 2. The minimum absolute atomic E-state index is 0.269. The molecular formula is C32H28Cl2N6O4. The fourth-order valence-corrected chi connectivity index (χ4v) is 5.08. The standard InChI is InChI=1S/C32H28Cl2N6O4/c1-20(32-26(33)17-35-18-27(32)34)44-24-8-10-29-25(15-24)28(38-39-29)9-3-21-16-37-40(19-21)14-13-36-31(42)12-11-30(41)22-4-6-23(43-2)7-5-22/h3-12,15-20H,13-14H2,1-2H3,(H,36,42)(H,38,39)/b9-3+,12-11+/t20-/m1/s1. The number of pyridine rings is 1. The van der Waals surface area contributed by atoms with Gasteiger partial charge in [-0.2, -0.15) is 10.2 Å². The Kier molecular flexibility index (Phi) is 9.73. The molecule has 44 heavy (non-hydrogen) atoms. The maximum absolute atomic E-state index is 12.2. The molecule has 0 unspecified atom stereocenters. The first-order valence-corrected chi connectivity index (χ1v) is 14.3. The van der Waals surface area contributed by atoms with Gasteiger partial charge in [0.2, 0.25) is 5.91 Å². The van der Waals surface area contributed by atoms with Crippen LogP contribution in [0.25, 0.3) is 23.1 Å². The summed E-state index contributed by atoms with van der Waals surface area (Å²) in [6.45, 7) is 2.67. The molecule has 12 heteroatoms. The number of aromatic amines is 1. The van der Waals surface area contributed by atoms with Crippen LogP contribution in [0.5, 0.6) is 11.5 Å². The van der Waals surface area contributed by atoms with Gasteiger partial charge in [0.1, 0.15) is 17.6 Å². The van der Waals surface area contributed by atoms with Gasteiger partial charge >= 0.3 is 0 Å². The predicted molar refractivity (Wildman–Crippen MR) is 170 cm³/mol.